The van der Waals surface area contributed by atoms with Gasteiger partial charge in [0.15, 0.2) is 0 Å². The summed E-state index contributed by atoms with van der Waals surface area (Å²) in [5.41, 5.74) is 1.88. The van der Waals surface area contributed by atoms with Crippen molar-refractivity contribution in [3.8, 4) is 5.75 Å². The molecule has 0 aromatic heterocycles. The van der Waals surface area contributed by atoms with Gasteiger partial charge in [0, 0.05) is 10.6 Å². The number of imide groups is 1. The summed E-state index contributed by atoms with van der Waals surface area (Å²) in [6.07, 6.45) is 1.62. The number of carbonyl (C=O) groups excluding carboxylic acids is 2. The van der Waals surface area contributed by atoms with Crippen molar-refractivity contribution in [3.63, 3.8) is 0 Å². The van der Waals surface area contributed by atoms with Crippen LogP contribution in [0.3, 0.4) is 0 Å². The van der Waals surface area contributed by atoms with Gasteiger partial charge in [0.1, 0.15) is 18.2 Å². The van der Waals surface area contributed by atoms with E-state index in [0.29, 0.717) is 12.4 Å². The highest BCUT2D eigenvalue weighted by Gasteiger charge is 2.35. The molecule has 4 rings (SSSR count). The molecule has 0 aliphatic carbocycles. The van der Waals surface area contributed by atoms with Crippen LogP contribution in [0.4, 0.5) is 9.18 Å². The van der Waals surface area contributed by atoms with Gasteiger partial charge < -0.3 is 4.74 Å². The monoisotopic (exact) mass is 531 g/mol. The normalized spacial score (nSPS) is 15.0. The van der Waals surface area contributed by atoms with Crippen LogP contribution in [-0.4, -0.2) is 16.0 Å². The Balaban J connectivity index is 1.48. The standard InChI is InChI=1S/C24H16BrClFNO3S/c25-18-11-16(9-10-21(18)31-14-15-5-2-1-3-6-15)12-22-23(29)28(24(30)32-22)13-17-19(26)7-4-8-20(17)27/h1-12H,13-14H2/b22-12+. The maximum atomic E-state index is 14.1. The number of ether oxygens (including phenoxy) is 1. The highest BCUT2D eigenvalue weighted by atomic mass is 79.9. The van der Waals surface area contributed by atoms with Crippen molar-refractivity contribution in [3.05, 3.63) is 104 Å². The second-order valence-corrected chi connectivity index (χ2v) is 9.19. The molecule has 3 aromatic rings. The molecule has 0 N–H and O–H groups in total. The van der Waals surface area contributed by atoms with Crippen molar-refractivity contribution in [2.45, 2.75) is 13.2 Å². The van der Waals surface area contributed by atoms with Gasteiger partial charge in [-0.3, -0.25) is 14.5 Å². The first kappa shape index (κ1) is 22.6. The summed E-state index contributed by atoms with van der Waals surface area (Å²) in [6.45, 7) is 0.208. The van der Waals surface area contributed by atoms with E-state index in [1.165, 1.54) is 18.2 Å². The van der Waals surface area contributed by atoms with E-state index in [4.69, 9.17) is 16.3 Å². The molecule has 1 aliphatic heterocycles. The summed E-state index contributed by atoms with van der Waals surface area (Å²) in [6, 6.07) is 19.4. The summed E-state index contributed by atoms with van der Waals surface area (Å²) < 4.78 is 20.6. The van der Waals surface area contributed by atoms with Crippen LogP contribution in [0, 0.1) is 5.82 Å². The van der Waals surface area contributed by atoms with Crippen molar-refractivity contribution in [1.82, 2.24) is 4.90 Å². The molecule has 0 saturated carbocycles. The highest BCUT2D eigenvalue weighted by molar-refractivity contribution is 9.10. The van der Waals surface area contributed by atoms with E-state index >= 15 is 0 Å². The maximum Gasteiger partial charge on any atom is 0.293 e. The number of hydrogen-bond donors (Lipinski definition) is 0. The Morgan fingerprint density at radius 3 is 2.56 bits per heavy atom. The number of hydrogen-bond acceptors (Lipinski definition) is 4. The third kappa shape index (κ3) is 5.06. The Labute approximate surface area is 202 Å². The fourth-order valence-corrected chi connectivity index (χ4v) is 4.66. The maximum absolute atomic E-state index is 14.1. The minimum absolute atomic E-state index is 0.111. The fourth-order valence-electron chi connectivity index (χ4n) is 3.09. The van der Waals surface area contributed by atoms with Crippen molar-refractivity contribution in [2.75, 3.05) is 0 Å². The lowest BCUT2D eigenvalue weighted by Crippen LogP contribution is -2.28. The largest absolute Gasteiger partial charge is 0.488 e. The van der Waals surface area contributed by atoms with E-state index in [0.717, 1.165) is 32.3 Å². The number of nitrogens with zero attached hydrogens (tertiary/aromatic N) is 1. The van der Waals surface area contributed by atoms with Crippen LogP contribution >= 0.6 is 39.3 Å². The molecular formula is C24H16BrClFNO3S. The second-order valence-electron chi connectivity index (χ2n) is 6.93. The molecule has 0 radical (unpaired) electrons. The van der Waals surface area contributed by atoms with E-state index in [-0.39, 0.29) is 22.0 Å². The molecule has 32 heavy (non-hydrogen) atoms. The van der Waals surface area contributed by atoms with Gasteiger partial charge in [0.2, 0.25) is 0 Å². The van der Waals surface area contributed by atoms with Crippen molar-refractivity contribution in [2.24, 2.45) is 0 Å². The van der Waals surface area contributed by atoms with Gasteiger partial charge in [0.25, 0.3) is 11.1 Å². The molecule has 1 saturated heterocycles. The van der Waals surface area contributed by atoms with Gasteiger partial charge in [-0.1, -0.05) is 54.1 Å². The fraction of sp³-hybridized carbons (Fsp3) is 0.0833. The SMILES string of the molecule is O=C1S/C(=C/c2ccc(OCc3ccccc3)c(Br)c2)C(=O)N1Cc1c(F)cccc1Cl. The van der Waals surface area contributed by atoms with Gasteiger partial charge in [-0.15, -0.1) is 0 Å². The van der Waals surface area contributed by atoms with Gasteiger partial charge in [-0.25, -0.2) is 4.39 Å². The van der Waals surface area contributed by atoms with E-state index < -0.39 is 17.0 Å². The molecular weight excluding hydrogens is 517 g/mol. The minimum atomic E-state index is -0.560. The lowest BCUT2D eigenvalue weighted by Gasteiger charge is -2.14. The topological polar surface area (TPSA) is 46.6 Å². The van der Waals surface area contributed by atoms with Gasteiger partial charge in [-0.05, 0) is 69.2 Å². The Morgan fingerprint density at radius 2 is 1.84 bits per heavy atom. The van der Waals surface area contributed by atoms with Crippen LogP contribution in [0.5, 0.6) is 5.75 Å². The second kappa shape index (κ2) is 9.90. The molecule has 0 bridgehead atoms. The molecule has 162 valence electrons. The zero-order valence-corrected chi connectivity index (χ0v) is 19.7. The molecule has 0 unspecified atom stereocenters. The molecule has 1 heterocycles. The van der Waals surface area contributed by atoms with Crippen LogP contribution in [0.1, 0.15) is 16.7 Å². The summed E-state index contributed by atoms with van der Waals surface area (Å²) in [7, 11) is 0. The highest BCUT2D eigenvalue weighted by Crippen LogP contribution is 2.36. The van der Waals surface area contributed by atoms with E-state index in [2.05, 4.69) is 15.9 Å². The quantitative estimate of drug-likeness (QED) is 0.319. The van der Waals surface area contributed by atoms with Crippen molar-refractivity contribution >= 4 is 56.5 Å². The number of rotatable bonds is 6. The van der Waals surface area contributed by atoms with Crippen LogP contribution in [0.15, 0.2) is 76.1 Å². The lowest BCUT2D eigenvalue weighted by molar-refractivity contribution is -0.123. The number of carbonyl (C=O) groups is 2. The van der Waals surface area contributed by atoms with Gasteiger partial charge in [0.05, 0.1) is 15.9 Å². The first-order chi connectivity index (χ1) is 15.4. The predicted molar refractivity (Wildman–Crippen MR) is 128 cm³/mol. The van der Waals surface area contributed by atoms with E-state index in [1.54, 1.807) is 18.2 Å². The number of thioether (sulfide) groups is 1. The smallest absolute Gasteiger partial charge is 0.293 e. The third-order valence-electron chi connectivity index (χ3n) is 4.74. The molecule has 2 amide bonds. The average Bonchev–Trinajstić information content (AvgIpc) is 3.03. The average molecular weight is 533 g/mol. The molecule has 8 heteroatoms. The first-order valence-electron chi connectivity index (χ1n) is 9.57. The number of benzene rings is 3. The molecule has 4 nitrogen and oxygen atoms in total. The molecule has 3 aromatic carbocycles. The minimum Gasteiger partial charge on any atom is -0.488 e. The van der Waals surface area contributed by atoms with Crippen LogP contribution in [0.25, 0.3) is 6.08 Å². The Bertz CT molecular complexity index is 1200. The van der Waals surface area contributed by atoms with Crippen molar-refractivity contribution in [1.29, 1.82) is 0 Å². The third-order valence-corrected chi connectivity index (χ3v) is 6.62. The Morgan fingerprint density at radius 1 is 1.06 bits per heavy atom. The van der Waals surface area contributed by atoms with E-state index in [1.807, 2.05) is 36.4 Å². The summed E-state index contributed by atoms with van der Waals surface area (Å²) in [5, 5.41) is -0.300. The Hall–Kier alpha value is -2.61. The van der Waals surface area contributed by atoms with Crippen molar-refractivity contribution < 1.29 is 18.7 Å². The zero-order chi connectivity index (χ0) is 22.7. The van der Waals surface area contributed by atoms with Crippen LogP contribution < -0.4 is 4.74 Å². The zero-order valence-electron chi connectivity index (χ0n) is 16.6. The number of halogens is 3. The first-order valence-corrected chi connectivity index (χ1v) is 11.6. The van der Waals surface area contributed by atoms with Gasteiger partial charge in [-0.2, -0.15) is 0 Å². The summed E-state index contributed by atoms with van der Waals surface area (Å²) in [5.74, 6) is -0.385. The molecule has 1 aliphatic rings. The molecule has 0 atom stereocenters. The van der Waals surface area contributed by atoms with Crippen LogP contribution in [-0.2, 0) is 17.9 Å². The molecule has 0 spiro atoms. The Kier molecular flexibility index (Phi) is 6.98. The summed E-state index contributed by atoms with van der Waals surface area (Å²) in [4.78, 5) is 26.4. The van der Waals surface area contributed by atoms with Crippen LogP contribution in [0.2, 0.25) is 5.02 Å². The van der Waals surface area contributed by atoms with E-state index in [9.17, 15) is 14.0 Å². The predicted octanol–water partition coefficient (Wildman–Crippen LogP) is 7.06. The summed E-state index contributed by atoms with van der Waals surface area (Å²) >= 11 is 10.3. The molecule has 1 fully saturated rings. The van der Waals surface area contributed by atoms with Gasteiger partial charge >= 0.3 is 0 Å². The lowest BCUT2D eigenvalue weighted by atomic mass is 10.2. The number of amides is 2.